The number of Topliss-reactive ketones (excluding diaryl/α,β-unsaturated/α-hetero) is 1. The fraction of sp³-hybridized carbons (Fsp3) is 0.857. The third-order valence-electron chi connectivity index (χ3n) is 8.94. The summed E-state index contributed by atoms with van der Waals surface area (Å²) in [5.41, 5.74) is 0.503. The van der Waals surface area contributed by atoms with Crippen LogP contribution in [0.3, 0.4) is 0 Å². The van der Waals surface area contributed by atoms with E-state index in [4.69, 9.17) is 0 Å². The van der Waals surface area contributed by atoms with Gasteiger partial charge in [0.15, 0.2) is 0 Å². The van der Waals surface area contributed by atoms with E-state index < -0.39 is 5.60 Å². The lowest BCUT2D eigenvalue weighted by Crippen LogP contribution is -2.56. The molecule has 7 atom stereocenters. The van der Waals surface area contributed by atoms with E-state index in [2.05, 4.69) is 13.0 Å². The molecule has 0 heterocycles. The van der Waals surface area contributed by atoms with Gasteiger partial charge in [-0.1, -0.05) is 25.5 Å². The van der Waals surface area contributed by atoms with Crippen molar-refractivity contribution in [2.24, 2.45) is 34.5 Å². The van der Waals surface area contributed by atoms with Gasteiger partial charge in [-0.2, -0.15) is 0 Å². The molecule has 0 amide bonds. The molecule has 0 radical (unpaired) electrons. The normalized spacial score (nSPS) is 53.9. The zero-order valence-electron chi connectivity index (χ0n) is 15.3. The molecule has 0 bridgehead atoms. The van der Waals surface area contributed by atoms with Gasteiger partial charge >= 0.3 is 0 Å². The number of aliphatic hydroxyl groups excluding tert-OH is 1. The molecule has 0 aromatic carbocycles. The Labute approximate surface area is 145 Å². The molecule has 4 rings (SSSR count). The largest absolute Gasteiger partial charge is 0.395 e. The highest BCUT2D eigenvalue weighted by Crippen LogP contribution is 2.67. The standard InChI is InChI=1S/C21H32O3/c1-13-15-5-4-14-16-7-10-20(3,24)19(16,2)9-6-17(14)21(15,12-22)11-8-18(13)23/h5,13-14,16-17,22,24H,4,6-12H2,1-3H3/t13-,14-,16-,17-,19-,20-,21+/m0/s1. The maximum atomic E-state index is 12.2. The maximum absolute atomic E-state index is 12.2. The molecule has 0 spiro atoms. The fourth-order valence-corrected chi connectivity index (χ4v) is 7.19. The third-order valence-corrected chi connectivity index (χ3v) is 8.94. The van der Waals surface area contributed by atoms with Crippen molar-refractivity contribution in [3.05, 3.63) is 11.6 Å². The van der Waals surface area contributed by atoms with E-state index in [0.29, 0.717) is 30.0 Å². The van der Waals surface area contributed by atoms with Crippen LogP contribution in [0.15, 0.2) is 11.6 Å². The Morgan fingerprint density at radius 2 is 1.88 bits per heavy atom. The molecule has 0 aromatic heterocycles. The van der Waals surface area contributed by atoms with Gasteiger partial charge in [-0.15, -0.1) is 0 Å². The Kier molecular flexibility index (Phi) is 3.61. The number of ketones is 1. The van der Waals surface area contributed by atoms with Crippen LogP contribution in [0.1, 0.15) is 65.7 Å². The topological polar surface area (TPSA) is 57.5 Å². The molecule has 4 aliphatic carbocycles. The highest BCUT2D eigenvalue weighted by molar-refractivity contribution is 5.85. The third kappa shape index (κ3) is 1.89. The van der Waals surface area contributed by atoms with Gasteiger partial charge in [-0.3, -0.25) is 4.79 Å². The van der Waals surface area contributed by atoms with Crippen LogP contribution in [0.5, 0.6) is 0 Å². The van der Waals surface area contributed by atoms with E-state index in [1.165, 1.54) is 5.57 Å². The monoisotopic (exact) mass is 332 g/mol. The Bertz CT molecular complexity index is 592. The van der Waals surface area contributed by atoms with Crippen molar-refractivity contribution in [2.45, 2.75) is 71.3 Å². The van der Waals surface area contributed by atoms with Crippen molar-refractivity contribution in [3.8, 4) is 0 Å². The van der Waals surface area contributed by atoms with Crippen LogP contribution in [-0.4, -0.2) is 28.2 Å². The van der Waals surface area contributed by atoms with E-state index in [-0.39, 0.29) is 23.4 Å². The highest BCUT2D eigenvalue weighted by atomic mass is 16.3. The maximum Gasteiger partial charge on any atom is 0.139 e. The van der Waals surface area contributed by atoms with Gasteiger partial charge in [0.25, 0.3) is 0 Å². The molecular formula is C21H32O3. The Hall–Kier alpha value is -0.670. The predicted octanol–water partition coefficient (Wildman–Crippen LogP) is 3.49. The van der Waals surface area contributed by atoms with Crippen LogP contribution >= 0.6 is 0 Å². The van der Waals surface area contributed by atoms with Gasteiger partial charge in [0.1, 0.15) is 5.78 Å². The summed E-state index contributed by atoms with van der Waals surface area (Å²) in [6, 6.07) is 0. The molecule has 24 heavy (non-hydrogen) atoms. The lowest BCUT2D eigenvalue weighted by atomic mass is 9.46. The van der Waals surface area contributed by atoms with Crippen molar-refractivity contribution in [1.29, 1.82) is 0 Å². The van der Waals surface area contributed by atoms with Gasteiger partial charge in [0.2, 0.25) is 0 Å². The molecule has 0 saturated heterocycles. The molecule has 3 heteroatoms. The summed E-state index contributed by atoms with van der Waals surface area (Å²) in [6.45, 7) is 6.53. The zero-order valence-corrected chi connectivity index (χ0v) is 15.3. The minimum absolute atomic E-state index is 0.00621. The molecule has 3 saturated carbocycles. The van der Waals surface area contributed by atoms with E-state index >= 15 is 0 Å². The van der Waals surface area contributed by atoms with Crippen molar-refractivity contribution >= 4 is 5.78 Å². The minimum atomic E-state index is -0.561. The first-order valence-corrected chi connectivity index (χ1v) is 9.83. The number of rotatable bonds is 1. The van der Waals surface area contributed by atoms with Crippen LogP contribution in [-0.2, 0) is 4.79 Å². The summed E-state index contributed by atoms with van der Waals surface area (Å²) in [5, 5.41) is 21.4. The number of hydrogen-bond donors (Lipinski definition) is 2. The Morgan fingerprint density at radius 3 is 2.58 bits per heavy atom. The first kappa shape index (κ1) is 16.8. The van der Waals surface area contributed by atoms with Crippen LogP contribution in [0, 0.1) is 34.5 Å². The van der Waals surface area contributed by atoms with Crippen LogP contribution in [0.4, 0.5) is 0 Å². The first-order valence-electron chi connectivity index (χ1n) is 9.83. The first-order chi connectivity index (χ1) is 11.3. The van der Waals surface area contributed by atoms with Gasteiger partial charge in [-0.25, -0.2) is 0 Å². The fourth-order valence-electron chi connectivity index (χ4n) is 7.19. The summed E-state index contributed by atoms with van der Waals surface area (Å²) >= 11 is 0. The van der Waals surface area contributed by atoms with Crippen molar-refractivity contribution in [2.75, 3.05) is 6.61 Å². The highest BCUT2D eigenvalue weighted by Gasteiger charge is 2.63. The van der Waals surface area contributed by atoms with Crippen LogP contribution in [0.2, 0.25) is 0 Å². The predicted molar refractivity (Wildman–Crippen MR) is 93.3 cm³/mol. The molecule has 0 aliphatic heterocycles. The molecule has 0 unspecified atom stereocenters. The average Bonchev–Trinajstić information content (AvgIpc) is 2.80. The summed E-state index contributed by atoms with van der Waals surface area (Å²) in [4.78, 5) is 12.2. The second-order valence-corrected chi connectivity index (χ2v) is 9.54. The molecule has 2 N–H and O–H groups in total. The van der Waals surface area contributed by atoms with Gasteiger partial charge in [0.05, 0.1) is 12.2 Å². The van der Waals surface area contributed by atoms with E-state index in [0.717, 1.165) is 38.5 Å². The SMILES string of the molecule is C[C@@H]1C(=O)CC[C@@]2(CO)C1=CC[C@@H]1[C@@H]2CC[C@@]2(C)[C@H]1CC[C@]2(C)O. The quantitative estimate of drug-likeness (QED) is 0.723. The molecular weight excluding hydrogens is 300 g/mol. The molecule has 0 aromatic rings. The van der Waals surface area contributed by atoms with Crippen molar-refractivity contribution < 1.29 is 15.0 Å². The van der Waals surface area contributed by atoms with Gasteiger partial charge in [0, 0.05) is 17.8 Å². The number of aliphatic hydroxyl groups is 2. The van der Waals surface area contributed by atoms with Gasteiger partial charge < -0.3 is 10.2 Å². The average molecular weight is 332 g/mol. The lowest BCUT2D eigenvalue weighted by Gasteiger charge is -2.59. The zero-order chi connectivity index (χ0) is 17.3. The number of allylic oxidation sites excluding steroid dienone is 1. The summed E-state index contributed by atoms with van der Waals surface area (Å²) in [7, 11) is 0. The van der Waals surface area contributed by atoms with E-state index in [1.54, 1.807) is 0 Å². The summed E-state index contributed by atoms with van der Waals surface area (Å²) < 4.78 is 0. The number of carbonyl (C=O) groups excluding carboxylic acids is 1. The second-order valence-electron chi connectivity index (χ2n) is 9.54. The van der Waals surface area contributed by atoms with Crippen molar-refractivity contribution in [3.63, 3.8) is 0 Å². The van der Waals surface area contributed by atoms with Crippen LogP contribution in [0.25, 0.3) is 0 Å². The van der Waals surface area contributed by atoms with Gasteiger partial charge in [-0.05, 0) is 68.6 Å². The minimum Gasteiger partial charge on any atom is -0.395 e. The summed E-state index contributed by atoms with van der Waals surface area (Å²) in [5.74, 6) is 1.89. The number of hydrogen-bond acceptors (Lipinski definition) is 3. The summed E-state index contributed by atoms with van der Waals surface area (Å²) in [6.07, 6.45) is 8.88. The number of carbonyl (C=O) groups is 1. The molecule has 4 aliphatic rings. The number of fused-ring (bicyclic) bond motifs is 5. The van der Waals surface area contributed by atoms with Crippen LogP contribution < -0.4 is 0 Å². The molecule has 3 nitrogen and oxygen atoms in total. The molecule has 3 fully saturated rings. The van der Waals surface area contributed by atoms with E-state index in [9.17, 15) is 15.0 Å². The van der Waals surface area contributed by atoms with Crippen molar-refractivity contribution in [1.82, 2.24) is 0 Å². The molecule has 134 valence electrons. The van der Waals surface area contributed by atoms with E-state index in [1.807, 2.05) is 13.8 Å². The Balaban J connectivity index is 1.75. The lowest BCUT2D eigenvalue weighted by molar-refractivity contribution is -0.134. The Morgan fingerprint density at radius 1 is 1.17 bits per heavy atom. The second kappa shape index (κ2) is 5.17. The smallest absolute Gasteiger partial charge is 0.139 e.